The summed E-state index contributed by atoms with van der Waals surface area (Å²) in [6.07, 6.45) is 6.74. The molecule has 0 bridgehead atoms. The van der Waals surface area contributed by atoms with Crippen LogP contribution in [0.3, 0.4) is 0 Å². The van der Waals surface area contributed by atoms with E-state index in [-0.39, 0.29) is 6.42 Å². The van der Waals surface area contributed by atoms with Gasteiger partial charge in [0.2, 0.25) is 0 Å². The van der Waals surface area contributed by atoms with Crippen molar-refractivity contribution in [3.05, 3.63) is 95.6 Å². The first-order chi connectivity index (χ1) is 17.6. The van der Waals surface area contributed by atoms with Crippen LogP contribution in [0, 0.1) is 0 Å². The molecule has 1 N–H and O–H groups in total. The number of carboxylic acid groups (broad SMARTS) is 1. The summed E-state index contributed by atoms with van der Waals surface area (Å²) in [5, 5.41) is 11.4. The van der Waals surface area contributed by atoms with Crippen LogP contribution in [-0.2, 0) is 24.1 Å². The highest BCUT2D eigenvalue weighted by Gasteiger charge is 2.11. The fraction of sp³-hybridized carbons (Fsp3) is 0.281. The Bertz CT molecular complexity index is 1290. The molecule has 186 valence electrons. The largest absolute Gasteiger partial charge is 0.497 e. The van der Waals surface area contributed by atoms with Crippen LogP contribution in [0.25, 0.3) is 21.9 Å². The van der Waals surface area contributed by atoms with Crippen molar-refractivity contribution >= 4 is 16.7 Å². The molecule has 4 aromatic carbocycles. The molecular formula is C32H34O4. The number of methoxy groups -OCH3 is 2. The smallest absolute Gasteiger partial charge is 0.307 e. The van der Waals surface area contributed by atoms with Crippen LogP contribution < -0.4 is 9.47 Å². The Balaban J connectivity index is 1.40. The number of rotatable bonds is 12. The van der Waals surface area contributed by atoms with E-state index in [2.05, 4.69) is 48.5 Å². The van der Waals surface area contributed by atoms with Gasteiger partial charge in [0.1, 0.15) is 11.5 Å². The number of hydrogen-bond acceptors (Lipinski definition) is 3. The fourth-order valence-corrected chi connectivity index (χ4v) is 4.79. The predicted octanol–water partition coefficient (Wildman–Crippen LogP) is 7.50. The van der Waals surface area contributed by atoms with Crippen molar-refractivity contribution in [3.63, 3.8) is 0 Å². The number of benzene rings is 4. The van der Waals surface area contributed by atoms with Gasteiger partial charge in [0.15, 0.2) is 0 Å². The summed E-state index contributed by atoms with van der Waals surface area (Å²) in [4.78, 5) is 10.8. The van der Waals surface area contributed by atoms with E-state index in [4.69, 9.17) is 14.6 Å². The van der Waals surface area contributed by atoms with Crippen molar-refractivity contribution in [2.75, 3.05) is 14.2 Å². The molecule has 0 atom stereocenters. The summed E-state index contributed by atoms with van der Waals surface area (Å²) < 4.78 is 10.8. The lowest BCUT2D eigenvalue weighted by atomic mass is 9.90. The molecule has 0 heterocycles. The molecule has 4 rings (SSSR count). The number of aryl methyl sites for hydroxylation is 2. The molecule has 0 radical (unpaired) electrons. The first-order valence-corrected chi connectivity index (χ1v) is 12.6. The van der Waals surface area contributed by atoms with E-state index in [0.29, 0.717) is 0 Å². The second-order valence-electron chi connectivity index (χ2n) is 9.21. The summed E-state index contributed by atoms with van der Waals surface area (Å²) in [5.41, 5.74) is 5.99. The maximum Gasteiger partial charge on any atom is 0.307 e. The summed E-state index contributed by atoms with van der Waals surface area (Å²) >= 11 is 0. The van der Waals surface area contributed by atoms with Gasteiger partial charge in [-0.1, -0.05) is 67.4 Å². The molecule has 4 nitrogen and oxygen atoms in total. The maximum atomic E-state index is 10.8. The van der Waals surface area contributed by atoms with Crippen LogP contribution >= 0.6 is 0 Å². The zero-order chi connectivity index (χ0) is 25.3. The molecule has 0 amide bonds. The zero-order valence-electron chi connectivity index (χ0n) is 21.1. The third-order valence-electron chi connectivity index (χ3n) is 6.76. The number of ether oxygens (including phenoxy) is 2. The number of aliphatic carboxylic acids is 1. The van der Waals surface area contributed by atoms with Crippen LogP contribution in [0.2, 0.25) is 0 Å². The minimum absolute atomic E-state index is 0.0831. The summed E-state index contributed by atoms with van der Waals surface area (Å²) in [7, 11) is 3.40. The molecule has 0 aliphatic rings. The fourth-order valence-electron chi connectivity index (χ4n) is 4.79. The number of carbonyl (C=O) groups is 1. The van der Waals surface area contributed by atoms with E-state index in [1.165, 1.54) is 45.9 Å². The lowest BCUT2D eigenvalue weighted by Crippen LogP contribution is -1.99. The van der Waals surface area contributed by atoms with E-state index >= 15 is 0 Å². The Morgan fingerprint density at radius 3 is 2.00 bits per heavy atom. The number of fused-ring (bicyclic) bond motifs is 1. The molecule has 0 aliphatic carbocycles. The number of carboxylic acids is 1. The van der Waals surface area contributed by atoms with Gasteiger partial charge >= 0.3 is 5.97 Å². The Hall–Kier alpha value is -3.79. The molecule has 0 spiro atoms. The molecule has 4 heteroatoms. The van der Waals surface area contributed by atoms with E-state index in [0.717, 1.165) is 42.7 Å². The number of hydrogen-bond donors (Lipinski definition) is 1. The third-order valence-corrected chi connectivity index (χ3v) is 6.76. The van der Waals surface area contributed by atoms with E-state index in [1.807, 2.05) is 30.3 Å². The van der Waals surface area contributed by atoms with Crippen molar-refractivity contribution in [1.82, 2.24) is 0 Å². The van der Waals surface area contributed by atoms with Gasteiger partial charge < -0.3 is 14.6 Å². The van der Waals surface area contributed by atoms with E-state index in [1.54, 1.807) is 14.2 Å². The van der Waals surface area contributed by atoms with E-state index in [9.17, 15) is 4.79 Å². The quantitative estimate of drug-likeness (QED) is 0.212. The van der Waals surface area contributed by atoms with Gasteiger partial charge in [-0.3, -0.25) is 4.79 Å². The standard InChI is InChI=1S/C32H34O4/c1-35-27-16-13-25(14-17-27)29-19-15-26-22-28(36-2)18-20-30(26)31(29)8-6-4-3-5-7-23-9-11-24(12-10-23)21-32(33)34/h9-20,22H,3-8,21H2,1-2H3,(H,33,34). The van der Waals surface area contributed by atoms with E-state index < -0.39 is 5.97 Å². The highest BCUT2D eigenvalue weighted by atomic mass is 16.5. The molecular weight excluding hydrogens is 448 g/mol. The molecule has 0 fully saturated rings. The van der Waals surface area contributed by atoms with Crippen molar-refractivity contribution in [2.24, 2.45) is 0 Å². The summed E-state index contributed by atoms with van der Waals surface area (Å²) in [6.45, 7) is 0. The number of unbranched alkanes of at least 4 members (excludes halogenated alkanes) is 3. The predicted molar refractivity (Wildman–Crippen MR) is 146 cm³/mol. The molecule has 0 aliphatic heterocycles. The SMILES string of the molecule is COc1ccc(-c2ccc3cc(OC)ccc3c2CCCCCCc2ccc(CC(=O)O)cc2)cc1. The van der Waals surface area contributed by atoms with Gasteiger partial charge in [0.05, 0.1) is 20.6 Å². The van der Waals surface area contributed by atoms with Gasteiger partial charge in [-0.15, -0.1) is 0 Å². The monoisotopic (exact) mass is 482 g/mol. The lowest BCUT2D eigenvalue weighted by molar-refractivity contribution is -0.136. The van der Waals surface area contributed by atoms with Gasteiger partial charge in [-0.05, 0) is 88.5 Å². The lowest BCUT2D eigenvalue weighted by Gasteiger charge is -2.15. The van der Waals surface area contributed by atoms with Gasteiger partial charge in [-0.2, -0.15) is 0 Å². The summed E-state index contributed by atoms with van der Waals surface area (Å²) in [6, 6.07) is 27.0. The normalized spacial score (nSPS) is 10.9. The topological polar surface area (TPSA) is 55.8 Å². The minimum atomic E-state index is -0.789. The second-order valence-corrected chi connectivity index (χ2v) is 9.21. The Labute approximate surface area is 213 Å². The molecule has 36 heavy (non-hydrogen) atoms. The van der Waals surface area contributed by atoms with Crippen molar-refractivity contribution in [1.29, 1.82) is 0 Å². The highest BCUT2D eigenvalue weighted by molar-refractivity contribution is 5.92. The average molecular weight is 483 g/mol. The van der Waals surface area contributed by atoms with Crippen LogP contribution in [0.1, 0.15) is 42.4 Å². The van der Waals surface area contributed by atoms with Crippen LogP contribution in [0.5, 0.6) is 11.5 Å². The molecule has 0 saturated carbocycles. The summed E-state index contributed by atoms with van der Waals surface area (Å²) in [5.74, 6) is 0.951. The molecule has 0 unspecified atom stereocenters. The average Bonchev–Trinajstić information content (AvgIpc) is 2.90. The molecule has 0 aromatic heterocycles. The van der Waals surface area contributed by atoms with Crippen LogP contribution in [-0.4, -0.2) is 25.3 Å². The van der Waals surface area contributed by atoms with Crippen molar-refractivity contribution in [3.8, 4) is 22.6 Å². The first kappa shape index (κ1) is 25.3. The van der Waals surface area contributed by atoms with Crippen molar-refractivity contribution < 1.29 is 19.4 Å². The van der Waals surface area contributed by atoms with Crippen molar-refractivity contribution in [2.45, 2.75) is 44.9 Å². The van der Waals surface area contributed by atoms with Crippen LogP contribution in [0.15, 0.2) is 78.9 Å². The Morgan fingerprint density at radius 1 is 0.694 bits per heavy atom. The minimum Gasteiger partial charge on any atom is -0.497 e. The second kappa shape index (κ2) is 12.3. The maximum absolute atomic E-state index is 10.8. The van der Waals surface area contributed by atoms with Crippen LogP contribution in [0.4, 0.5) is 0 Å². The highest BCUT2D eigenvalue weighted by Crippen LogP contribution is 2.34. The molecule has 0 saturated heterocycles. The Morgan fingerprint density at radius 2 is 1.33 bits per heavy atom. The third kappa shape index (κ3) is 6.45. The van der Waals surface area contributed by atoms with Gasteiger partial charge in [0, 0.05) is 0 Å². The zero-order valence-corrected chi connectivity index (χ0v) is 21.1. The van der Waals surface area contributed by atoms with Gasteiger partial charge in [-0.25, -0.2) is 0 Å². The molecule has 4 aromatic rings. The van der Waals surface area contributed by atoms with Gasteiger partial charge in [0.25, 0.3) is 0 Å². The first-order valence-electron chi connectivity index (χ1n) is 12.6. The Kier molecular flexibility index (Phi) is 8.62.